The molecule has 2 aromatic heterocycles. The van der Waals surface area contributed by atoms with E-state index in [2.05, 4.69) is 25.6 Å². The summed E-state index contributed by atoms with van der Waals surface area (Å²) in [5, 5.41) is 14.0. The molecule has 3 aromatic carbocycles. The normalized spacial score (nSPS) is 11.6. The van der Waals surface area contributed by atoms with Crippen LogP contribution in [0.3, 0.4) is 0 Å². The molecule has 0 saturated heterocycles. The lowest BCUT2D eigenvalue weighted by atomic mass is 10.1. The van der Waals surface area contributed by atoms with E-state index < -0.39 is 10.0 Å². The van der Waals surface area contributed by atoms with Gasteiger partial charge in [-0.05, 0) is 46.2 Å². The topological polar surface area (TPSA) is 105 Å². The number of benzene rings is 3. The van der Waals surface area contributed by atoms with Crippen molar-refractivity contribution in [2.45, 2.75) is 18.0 Å². The van der Waals surface area contributed by atoms with Crippen LogP contribution in [0.15, 0.2) is 108 Å². The summed E-state index contributed by atoms with van der Waals surface area (Å²) >= 11 is 0. The van der Waals surface area contributed by atoms with Crippen LogP contribution < -0.4 is 0 Å². The van der Waals surface area contributed by atoms with Gasteiger partial charge >= 0.3 is 0 Å². The Bertz CT molecular complexity index is 1490. The van der Waals surface area contributed by atoms with E-state index in [0.29, 0.717) is 11.5 Å². The van der Waals surface area contributed by atoms with Crippen LogP contribution in [0.5, 0.6) is 0 Å². The predicted molar refractivity (Wildman–Crippen MR) is 132 cm³/mol. The molecule has 5 aromatic rings. The van der Waals surface area contributed by atoms with Crippen LogP contribution in [0.25, 0.3) is 22.5 Å². The van der Waals surface area contributed by atoms with Gasteiger partial charge in [-0.15, -0.1) is 10.2 Å². The molecular formula is C26H22N6O2S. The van der Waals surface area contributed by atoms with Crippen molar-refractivity contribution in [1.82, 2.24) is 29.9 Å². The van der Waals surface area contributed by atoms with Gasteiger partial charge in [0.15, 0.2) is 0 Å². The molecule has 0 aliphatic carbocycles. The van der Waals surface area contributed by atoms with Gasteiger partial charge in [0.25, 0.3) is 0 Å². The molecule has 0 unspecified atom stereocenters. The summed E-state index contributed by atoms with van der Waals surface area (Å²) in [5.41, 5.74) is 4.08. The Morgan fingerprint density at radius 2 is 1.51 bits per heavy atom. The molecule has 0 radical (unpaired) electrons. The number of rotatable bonds is 8. The third-order valence-corrected chi connectivity index (χ3v) is 7.35. The molecule has 174 valence electrons. The zero-order valence-electron chi connectivity index (χ0n) is 18.7. The maximum Gasteiger partial charge on any atom is 0.243 e. The highest BCUT2D eigenvalue weighted by Crippen LogP contribution is 2.26. The molecule has 0 atom stereocenters. The summed E-state index contributed by atoms with van der Waals surface area (Å²) in [6.07, 6.45) is 1.66. The summed E-state index contributed by atoms with van der Waals surface area (Å²) in [4.78, 5) is 4.58. The Balaban J connectivity index is 1.48. The van der Waals surface area contributed by atoms with Gasteiger partial charge in [0.2, 0.25) is 15.8 Å². The van der Waals surface area contributed by atoms with E-state index in [9.17, 15) is 8.42 Å². The Labute approximate surface area is 203 Å². The first-order valence-corrected chi connectivity index (χ1v) is 12.4. The van der Waals surface area contributed by atoms with Crippen LogP contribution in [0.2, 0.25) is 0 Å². The second kappa shape index (κ2) is 9.96. The molecule has 2 heterocycles. The molecule has 0 aliphatic heterocycles. The van der Waals surface area contributed by atoms with Crippen molar-refractivity contribution in [3.63, 3.8) is 0 Å². The molecule has 1 N–H and O–H groups in total. The number of sulfonamides is 1. The van der Waals surface area contributed by atoms with Crippen LogP contribution >= 0.6 is 0 Å². The highest BCUT2D eigenvalue weighted by Gasteiger charge is 2.26. The third-order valence-electron chi connectivity index (χ3n) is 5.56. The Kier molecular flexibility index (Phi) is 6.42. The first-order chi connectivity index (χ1) is 17.1. The largest absolute Gasteiger partial charge is 0.260 e. The Morgan fingerprint density at radius 3 is 2.23 bits per heavy atom. The molecule has 35 heavy (non-hydrogen) atoms. The average molecular weight is 483 g/mol. The minimum Gasteiger partial charge on any atom is -0.260 e. The number of tetrazole rings is 1. The van der Waals surface area contributed by atoms with E-state index in [1.807, 2.05) is 78.9 Å². The zero-order chi connectivity index (χ0) is 24.1. The lowest BCUT2D eigenvalue weighted by Gasteiger charge is -2.22. The van der Waals surface area contributed by atoms with E-state index >= 15 is 0 Å². The minimum absolute atomic E-state index is 0.144. The number of nitrogens with zero attached hydrogens (tertiary/aromatic N) is 5. The van der Waals surface area contributed by atoms with Crippen molar-refractivity contribution in [3.05, 3.63) is 115 Å². The quantitative estimate of drug-likeness (QED) is 0.353. The van der Waals surface area contributed by atoms with E-state index in [4.69, 9.17) is 0 Å². The fraction of sp³-hybridized carbons (Fsp3) is 0.0769. The molecule has 0 spiro atoms. The minimum atomic E-state index is -3.83. The van der Waals surface area contributed by atoms with Crippen molar-refractivity contribution >= 4 is 10.0 Å². The van der Waals surface area contributed by atoms with Gasteiger partial charge in [0.05, 0.1) is 17.1 Å². The highest BCUT2D eigenvalue weighted by molar-refractivity contribution is 7.89. The van der Waals surface area contributed by atoms with Gasteiger partial charge < -0.3 is 0 Å². The molecule has 0 saturated carbocycles. The second-order valence-corrected chi connectivity index (χ2v) is 9.86. The Morgan fingerprint density at radius 1 is 0.743 bits per heavy atom. The van der Waals surface area contributed by atoms with Crippen molar-refractivity contribution in [2.24, 2.45) is 0 Å². The second-order valence-electron chi connectivity index (χ2n) is 7.92. The van der Waals surface area contributed by atoms with E-state index in [1.54, 1.807) is 24.4 Å². The van der Waals surface area contributed by atoms with Crippen LogP contribution in [-0.2, 0) is 23.1 Å². The standard InChI is InChI=1S/C26H22N6O2S/c33-35(34,25-11-6-9-23(17-25)21-7-2-1-3-8-21)32(19-24-10-4-5-16-27-24)18-20-12-14-22(15-13-20)26-28-30-31-29-26/h1-17H,18-19H2,(H,28,29,30,31). The first-order valence-electron chi connectivity index (χ1n) is 11.0. The van der Waals surface area contributed by atoms with Crippen molar-refractivity contribution in [3.8, 4) is 22.5 Å². The maximum atomic E-state index is 13.8. The smallest absolute Gasteiger partial charge is 0.243 e. The number of aromatic nitrogens is 5. The predicted octanol–water partition coefficient (Wildman–Crippen LogP) is 4.32. The Hall–Kier alpha value is -4.21. The van der Waals surface area contributed by atoms with E-state index in [1.165, 1.54) is 4.31 Å². The summed E-state index contributed by atoms with van der Waals surface area (Å²) in [5.74, 6) is 0.479. The summed E-state index contributed by atoms with van der Waals surface area (Å²) < 4.78 is 29.1. The molecule has 5 rings (SSSR count). The fourth-order valence-corrected chi connectivity index (χ4v) is 5.21. The van der Waals surface area contributed by atoms with Crippen molar-refractivity contribution in [1.29, 1.82) is 0 Å². The fourth-order valence-electron chi connectivity index (χ4n) is 3.76. The molecule has 0 fully saturated rings. The maximum absolute atomic E-state index is 13.8. The molecular weight excluding hydrogens is 460 g/mol. The lowest BCUT2D eigenvalue weighted by molar-refractivity contribution is 0.397. The van der Waals surface area contributed by atoms with Gasteiger partial charge in [-0.25, -0.2) is 8.42 Å². The summed E-state index contributed by atoms with van der Waals surface area (Å²) in [6, 6.07) is 29.7. The van der Waals surface area contributed by atoms with Crippen molar-refractivity contribution in [2.75, 3.05) is 0 Å². The van der Waals surface area contributed by atoms with Crippen LogP contribution in [-0.4, -0.2) is 38.3 Å². The molecule has 0 bridgehead atoms. The van der Waals surface area contributed by atoms with Gasteiger partial charge in [-0.3, -0.25) is 4.98 Å². The number of hydrogen-bond acceptors (Lipinski definition) is 6. The van der Waals surface area contributed by atoms with Gasteiger partial charge in [0.1, 0.15) is 0 Å². The number of pyridine rings is 1. The van der Waals surface area contributed by atoms with Gasteiger partial charge in [-0.2, -0.15) is 9.52 Å². The lowest BCUT2D eigenvalue weighted by Crippen LogP contribution is -2.30. The number of H-pyrrole nitrogens is 1. The van der Waals surface area contributed by atoms with Crippen LogP contribution in [0.1, 0.15) is 11.3 Å². The molecule has 0 amide bonds. The highest BCUT2D eigenvalue weighted by atomic mass is 32.2. The SMILES string of the molecule is O=S(=O)(c1cccc(-c2ccccc2)c1)N(Cc1ccc(-c2nn[nH]n2)cc1)Cc1ccccn1. The number of hydrogen-bond donors (Lipinski definition) is 1. The molecule has 0 aliphatic rings. The van der Waals surface area contributed by atoms with Crippen molar-refractivity contribution < 1.29 is 8.42 Å². The monoisotopic (exact) mass is 482 g/mol. The number of nitrogens with one attached hydrogen (secondary N) is 1. The molecule has 8 nitrogen and oxygen atoms in total. The van der Waals surface area contributed by atoms with E-state index in [0.717, 1.165) is 22.3 Å². The van der Waals surface area contributed by atoms with Gasteiger partial charge in [0, 0.05) is 18.3 Å². The summed E-state index contributed by atoms with van der Waals surface area (Å²) in [7, 11) is -3.83. The number of aromatic amines is 1. The summed E-state index contributed by atoms with van der Waals surface area (Å²) in [6.45, 7) is 0.326. The van der Waals surface area contributed by atoms with Crippen LogP contribution in [0.4, 0.5) is 0 Å². The average Bonchev–Trinajstić information content (AvgIpc) is 3.45. The first kappa shape index (κ1) is 22.6. The zero-order valence-corrected chi connectivity index (χ0v) is 19.5. The molecule has 9 heteroatoms. The van der Waals surface area contributed by atoms with Gasteiger partial charge in [-0.1, -0.05) is 72.8 Å². The van der Waals surface area contributed by atoms with Crippen LogP contribution in [0, 0.1) is 0 Å². The third kappa shape index (κ3) is 5.16. The van der Waals surface area contributed by atoms with E-state index in [-0.39, 0.29) is 18.0 Å².